The molecule has 3 rings (SSSR count). The average Bonchev–Trinajstić information content (AvgIpc) is 2.66. The largest absolute Gasteiger partial charge is 0.495 e. The van der Waals surface area contributed by atoms with Crippen molar-refractivity contribution in [3.8, 4) is 11.5 Å². The van der Waals surface area contributed by atoms with E-state index in [1.54, 1.807) is 42.5 Å². The molecule has 0 saturated carbocycles. The Balaban J connectivity index is 1.83. The van der Waals surface area contributed by atoms with Gasteiger partial charge in [0.05, 0.1) is 25.0 Å². The number of anilines is 3. The first-order chi connectivity index (χ1) is 13.4. The van der Waals surface area contributed by atoms with Crippen molar-refractivity contribution >= 4 is 34.8 Å². The third-order valence-electron chi connectivity index (χ3n) is 4.22. The minimum absolute atomic E-state index is 0.0892. The Morgan fingerprint density at radius 3 is 2.54 bits per heavy atom. The van der Waals surface area contributed by atoms with Gasteiger partial charge in [0.2, 0.25) is 11.8 Å². The first-order valence-corrected chi connectivity index (χ1v) is 8.69. The van der Waals surface area contributed by atoms with E-state index in [9.17, 15) is 14.4 Å². The molecule has 2 N–H and O–H groups in total. The van der Waals surface area contributed by atoms with Crippen molar-refractivity contribution in [2.45, 2.75) is 20.0 Å². The maximum Gasteiger partial charge on any atom is 0.267 e. The topological polar surface area (TPSA) is 97.0 Å². The minimum atomic E-state index is -0.895. The fraction of sp³-hybridized carbons (Fsp3) is 0.250. The summed E-state index contributed by atoms with van der Waals surface area (Å²) in [7, 11) is 1.48. The second-order valence-electron chi connectivity index (χ2n) is 6.29. The van der Waals surface area contributed by atoms with Crippen molar-refractivity contribution in [1.82, 2.24) is 0 Å². The quantitative estimate of drug-likeness (QED) is 0.845. The number of ether oxygens (including phenoxy) is 2. The summed E-state index contributed by atoms with van der Waals surface area (Å²) in [4.78, 5) is 37.6. The maximum absolute atomic E-state index is 12.8. The molecule has 146 valence electrons. The highest BCUT2D eigenvalue weighted by molar-refractivity contribution is 6.00. The molecule has 0 aliphatic carbocycles. The second kappa shape index (κ2) is 7.99. The lowest BCUT2D eigenvalue weighted by atomic mass is 10.1. The number of nitrogens with one attached hydrogen (secondary N) is 2. The van der Waals surface area contributed by atoms with Crippen LogP contribution in [0.3, 0.4) is 0 Å². The SMILES string of the molecule is COc1ccc(NC(C)=O)cc1NC(=O)C1CN(C(C)=O)c2ccccc2O1. The Labute approximate surface area is 162 Å². The molecule has 0 spiro atoms. The van der Waals surface area contributed by atoms with E-state index < -0.39 is 12.0 Å². The fourth-order valence-electron chi connectivity index (χ4n) is 2.97. The second-order valence-corrected chi connectivity index (χ2v) is 6.29. The zero-order valence-corrected chi connectivity index (χ0v) is 15.8. The number of methoxy groups -OCH3 is 1. The van der Waals surface area contributed by atoms with E-state index in [4.69, 9.17) is 9.47 Å². The number of nitrogens with zero attached hydrogens (tertiary/aromatic N) is 1. The molecule has 0 aromatic heterocycles. The van der Waals surface area contributed by atoms with Crippen LogP contribution in [-0.4, -0.2) is 37.5 Å². The van der Waals surface area contributed by atoms with Crippen LogP contribution in [0.2, 0.25) is 0 Å². The van der Waals surface area contributed by atoms with Gasteiger partial charge in [0, 0.05) is 19.5 Å². The number of hydrogen-bond donors (Lipinski definition) is 2. The number of fused-ring (bicyclic) bond motifs is 1. The molecule has 1 atom stereocenters. The van der Waals surface area contributed by atoms with Crippen LogP contribution < -0.4 is 25.0 Å². The smallest absolute Gasteiger partial charge is 0.267 e. The molecular formula is C20H21N3O5. The van der Waals surface area contributed by atoms with Crippen molar-refractivity contribution < 1.29 is 23.9 Å². The molecular weight excluding hydrogens is 362 g/mol. The third-order valence-corrected chi connectivity index (χ3v) is 4.22. The predicted molar refractivity (Wildman–Crippen MR) is 105 cm³/mol. The molecule has 0 fully saturated rings. The van der Waals surface area contributed by atoms with Crippen LogP contribution in [0.25, 0.3) is 0 Å². The summed E-state index contributed by atoms with van der Waals surface area (Å²) in [5, 5.41) is 5.41. The van der Waals surface area contributed by atoms with Crippen molar-refractivity contribution in [3.05, 3.63) is 42.5 Å². The Morgan fingerprint density at radius 2 is 1.86 bits per heavy atom. The Morgan fingerprint density at radius 1 is 1.11 bits per heavy atom. The van der Waals surface area contributed by atoms with Crippen LogP contribution in [0.15, 0.2) is 42.5 Å². The van der Waals surface area contributed by atoms with E-state index in [0.717, 1.165) is 0 Å². The van der Waals surface area contributed by atoms with Gasteiger partial charge in [-0.3, -0.25) is 14.4 Å². The lowest BCUT2D eigenvalue weighted by Crippen LogP contribution is -2.48. The summed E-state index contributed by atoms with van der Waals surface area (Å²) >= 11 is 0. The third kappa shape index (κ3) is 4.06. The molecule has 28 heavy (non-hydrogen) atoms. The van der Waals surface area contributed by atoms with Gasteiger partial charge in [-0.1, -0.05) is 12.1 Å². The van der Waals surface area contributed by atoms with Crippen LogP contribution in [0.1, 0.15) is 13.8 Å². The molecule has 8 nitrogen and oxygen atoms in total. The molecule has 1 aliphatic rings. The first kappa shape index (κ1) is 19.2. The van der Waals surface area contributed by atoms with Crippen LogP contribution in [0.5, 0.6) is 11.5 Å². The van der Waals surface area contributed by atoms with Gasteiger partial charge in [0.25, 0.3) is 5.91 Å². The van der Waals surface area contributed by atoms with Gasteiger partial charge in [-0.05, 0) is 30.3 Å². The van der Waals surface area contributed by atoms with Gasteiger partial charge in [-0.25, -0.2) is 0 Å². The molecule has 0 radical (unpaired) electrons. The van der Waals surface area contributed by atoms with Crippen molar-refractivity contribution in [3.63, 3.8) is 0 Å². The molecule has 2 aromatic rings. The molecule has 2 aromatic carbocycles. The lowest BCUT2D eigenvalue weighted by molar-refractivity contribution is -0.123. The van der Waals surface area contributed by atoms with Gasteiger partial charge >= 0.3 is 0 Å². The number of benzene rings is 2. The van der Waals surface area contributed by atoms with Gasteiger partial charge in [-0.2, -0.15) is 0 Å². The van der Waals surface area contributed by atoms with Crippen molar-refractivity contribution in [2.75, 3.05) is 29.2 Å². The molecule has 1 heterocycles. The number of para-hydroxylation sites is 2. The summed E-state index contributed by atoms with van der Waals surface area (Å²) in [6, 6.07) is 12.0. The van der Waals surface area contributed by atoms with E-state index in [-0.39, 0.29) is 18.4 Å². The van der Waals surface area contributed by atoms with E-state index in [1.165, 1.54) is 25.9 Å². The zero-order valence-electron chi connectivity index (χ0n) is 15.8. The number of amides is 3. The van der Waals surface area contributed by atoms with E-state index >= 15 is 0 Å². The Hall–Kier alpha value is -3.55. The normalized spacial score (nSPS) is 15.1. The summed E-state index contributed by atoms with van der Waals surface area (Å²) < 4.78 is 11.1. The van der Waals surface area contributed by atoms with E-state index in [1.807, 2.05) is 0 Å². The summed E-state index contributed by atoms with van der Waals surface area (Å²) in [5.74, 6) is 0.0507. The van der Waals surface area contributed by atoms with E-state index in [0.29, 0.717) is 28.6 Å². The molecule has 1 aliphatic heterocycles. The van der Waals surface area contributed by atoms with E-state index in [2.05, 4.69) is 10.6 Å². The molecule has 0 bridgehead atoms. The summed E-state index contributed by atoms with van der Waals surface area (Å²) in [6.07, 6.45) is -0.895. The monoisotopic (exact) mass is 383 g/mol. The highest BCUT2D eigenvalue weighted by atomic mass is 16.5. The lowest BCUT2D eigenvalue weighted by Gasteiger charge is -2.33. The van der Waals surface area contributed by atoms with Crippen molar-refractivity contribution in [2.24, 2.45) is 0 Å². The van der Waals surface area contributed by atoms with Crippen molar-refractivity contribution in [1.29, 1.82) is 0 Å². The number of hydrogen-bond acceptors (Lipinski definition) is 5. The zero-order chi connectivity index (χ0) is 20.3. The Kier molecular flexibility index (Phi) is 5.49. The highest BCUT2D eigenvalue weighted by Gasteiger charge is 2.32. The molecule has 3 amide bonds. The highest BCUT2D eigenvalue weighted by Crippen LogP contribution is 2.34. The minimum Gasteiger partial charge on any atom is -0.495 e. The average molecular weight is 383 g/mol. The Bertz CT molecular complexity index is 928. The van der Waals surface area contributed by atoms with Crippen LogP contribution >= 0.6 is 0 Å². The summed E-state index contributed by atoms with van der Waals surface area (Å²) in [6.45, 7) is 2.93. The number of carbonyl (C=O) groups excluding carboxylic acids is 3. The van der Waals surface area contributed by atoms with Gasteiger partial charge in [0.15, 0.2) is 6.10 Å². The van der Waals surface area contributed by atoms with Gasteiger partial charge < -0.3 is 25.0 Å². The molecule has 1 unspecified atom stereocenters. The standard InChI is InChI=1S/C20H21N3O5/c1-12(24)21-14-8-9-17(27-3)15(10-14)22-20(26)19-11-23(13(2)25)16-6-4-5-7-18(16)28-19/h4-10,19H,11H2,1-3H3,(H,21,24)(H,22,26). The maximum atomic E-state index is 12.8. The number of carbonyl (C=O) groups is 3. The van der Waals surface area contributed by atoms with Crippen LogP contribution in [0.4, 0.5) is 17.1 Å². The molecule has 0 saturated heterocycles. The van der Waals surface area contributed by atoms with Gasteiger partial charge in [0.1, 0.15) is 11.5 Å². The fourth-order valence-corrected chi connectivity index (χ4v) is 2.97. The van der Waals surface area contributed by atoms with Crippen LogP contribution in [0, 0.1) is 0 Å². The van der Waals surface area contributed by atoms with Gasteiger partial charge in [-0.15, -0.1) is 0 Å². The first-order valence-electron chi connectivity index (χ1n) is 8.69. The number of rotatable bonds is 4. The van der Waals surface area contributed by atoms with Crippen LogP contribution in [-0.2, 0) is 14.4 Å². The molecule has 8 heteroatoms. The summed E-state index contributed by atoms with van der Waals surface area (Å²) in [5.41, 5.74) is 1.53. The predicted octanol–water partition coefficient (Wildman–Crippen LogP) is 2.41.